The Bertz CT molecular complexity index is 656. The van der Waals surface area contributed by atoms with Gasteiger partial charge in [0.25, 0.3) is 0 Å². The van der Waals surface area contributed by atoms with Crippen molar-refractivity contribution in [2.24, 2.45) is 0 Å². The zero-order chi connectivity index (χ0) is 16.8. The van der Waals surface area contributed by atoms with E-state index in [4.69, 9.17) is 16.3 Å². The molecular weight excluding hydrogens is 312 g/mol. The van der Waals surface area contributed by atoms with Crippen LogP contribution in [-0.4, -0.2) is 12.3 Å². The van der Waals surface area contributed by atoms with Crippen LogP contribution in [0.5, 0.6) is 5.75 Å². The van der Waals surface area contributed by atoms with E-state index in [2.05, 4.69) is 24.5 Å². The first-order chi connectivity index (χ1) is 11.0. The van der Waals surface area contributed by atoms with Crippen LogP contribution in [0.1, 0.15) is 32.3 Å². The Morgan fingerprint density at radius 1 is 1.04 bits per heavy atom. The van der Waals surface area contributed by atoms with Crippen molar-refractivity contribution in [3.05, 3.63) is 59.1 Å². The summed E-state index contributed by atoms with van der Waals surface area (Å²) in [6.07, 6.45) is -0.470. The van der Waals surface area contributed by atoms with Gasteiger partial charge in [0.2, 0.25) is 0 Å². The van der Waals surface area contributed by atoms with Crippen LogP contribution in [-0.2, 0) is 0 Å². The van der Waals surface area contributed by atoms with Gasteiger partial charge in [0.05, 0.1) is 0 Å². The number of halogens is 1. The minimum atomic E-state index is -0.470. The van der Waals surface area contributed by atoms with Crippen molar-refractivity contribution >= 4 is 23.3 Å². The molecule has 0 saturated heterocycles. The average Bonchev–Trinajstić information content (AvgIpc) is 2.49. The maximum absolute atomic E-state index is 12.1. The van der Waals surface area contributed by atoms with Crippen molar-refractivity contribution in [1.29, 1.82) is 0 Å². The predicted octanol–water partition coefficient (Wildman–Crippen LogP) is 5.01. The number of anilines is 1. The molecule has 2 rings (SSSR count). The van der Waals surface area contributed by atoms with Gasteiger partial charge < -0.3 is 15.4 Å². The highest BCUT2D eigenvalue weighted by Gasteiger charge is 2.12. The number of urea groups is 1. The lowest BCUT2D eigenvalue weighted by Crippen LogP contribution is -2.39. The number of ether oxygens (including phenoxy) is 1. The van der Waals surface area contributed by atoms with E-state index in [9.17, 15) is 4.79 Å². The molecule has 2 N–H and O–H groups in total. The van der Waals surface area contributed by atoms with Crippen LogP contribution < -0.4 is 15.4 Å². The predicted molar refractivity (Wildman–Crippen MR) is 94.2 cm³/mol. The zero-order valence-corrected chi connectivity index (χ0v) is 14.2. The second kappa shape index (κ2) is 7.88. The maximum atomic E-state index is 12.1. The Labute approximate surface area is 141 Å². The Hall–Kier alpha value is -2.20. The van der Waals surface area contributed by atoms with Crippen LogP contribution in [0.15, 0.2) is 48.5 Å². The van der Waals surface area contributed by atoms with Gasteiger partial charge in [-0.1, -0.05) is 43.6 Å². The van der Waals surface area contributed by atoms with E-state index in [1.165, 1.54) is 0 Å². The first-order valence-electron chi connectivity index (χ1n) is 7.54. The molecule has 0 aliphatic heterocycles. The van der Waals surface area contributed by atoms with Gasteiger partial charge in [-0.05, 0) is 48.7 Å². The molecule has 1 atom stereocenters. The molecule has 23 heavy (non-hydrogen) atoms. The van der Waals surface area contributed by atoms with Crippen molar-refractivity contribution < 1.29 is 9.53 Å². The number of hydrogen-bond acceptors (Lipinski definition) is 2. The van der Waals surface area contributed by atoms with E-state index in [0.29, 0.717) is 16.7 Å². The molecule has 0 heterocycles. The lowest BCUT2D eigenvalue weighted by molar-refractivity contribution is 0.183. The third-order valence-corrected chi connectivity index (χ3v) is 3.54. The highest BCUT2D eigenvalue weighted by atomic mass is 35.5. The monoisotopic (exact) mass is 332 g/mol. The van der Waals surface area contributed by atoms with Crippen molar-refractivity contribution in [2.45, 2.75) is 32.9 Å². The first-order valence-corrected chi connectivity index (χ1v) is 7.92. The molecule has 122 valence electrons. The van der Waals surface area contributed by atoms with E-state index in [0.717, 1.165) is 11.3 Å². The summed E-state index contributed by atoms with van der Waals surface area (Å²) in [7, 11) is 0. The smallest absolute Gasteiger partial charge is 0.322 e. The fraction of sp³-hybridized carbons (Fsp3) is 0.278. The summed E-state index contributed by atoms with van der Waals surface area (Å²) in [4.78, 5) is 12.1. The minimum absolute atomic E-state index is 0.306. The fourth-order valence-electron chi connectivity index (χ4n) is 2.20. The molecule has 2 amide bonds. The highest BCUT2D eigenvalue weighted by molar-refractivity contribution is 6.30. The Kier molecular flexibility index (Phi) is 5.88. The molecule has 1 unspecified atom stereocenters. The van der Waals surface area contributed by atoms with E-state index < -0.39 is 6.23 Å². The van der Waals surface area contributed by atoms with Crippen LogP contribution in [0.3, 0.4) is 0 Å². The molecule has 0 aliphatic carbocycles. The summed E-state index contributed by atoms with van der Waals surface area (Å²) in [5.74, 6) is 0.971. The molecule has 2 aromatic carbocycles. The lowest BCUT2D eigenvalue weighted by Gasteiger charge is -2.18. The third kappa shape index (κ3) is 5.18. The number of carbonyl (C=O) groups excluding carboxylic acids is 1. The minimum Gasteiger partial charge on any atom is -0.471 e. The van der Waals surface area contributed by atoms with Crippen LogP contribution in [0.2, 0.25) is 5.02 Å². The number of amides is 2. The van der Waals surface area contributed by atoms with Gasteiger partial charge in [0.1, 0.15) is 5.75 Å². The summed E-state index contributed by atoms with van der Waals surface area (Å²) >= 11 is 5.83. The highest BCUT2D eigenvalue weighted by Crippen LogP contribution is 2.23. The van der Waals surface area contributed by atoms with Gasteiger partial charge in [-0.25, -0.2) is 4.79 Å². The van der Waals surface area contributed by atoms with Gasteiger partial charge in [-0.3, -0.25) is 0 Å². The third-order valence-electron chi connectivity index (χ3n) is 3.29. The van der Waals surface area contributed by atoms with Crippen molar-refractivity contribution in [3.63, 3.8) is 0 Å². The number of hydrogen-bond donors (Lipinski definition) is 2. The molecule has 0 aliphatic rings. The number of nitrogens with one attached hydrogen (secondary N) is 2. The van der Waals surface area contributed by atoms with Gasteiger partial charge >= 0.3 is 6.03 Å². The van der Waals surface area contributed by atoms with Gasteiger partial charge in [0.15, 0.2) is 6.23 Å². The van der Waals surface area contributed by atoms with E-state index in [-0.39, 0.29) is 6.03 Å². The van der Waals surface area contributed by atoms with Crippen molar-refractivity contribution in [1.82, 2.24) is 5.32 Å². The van der Waals surface area contributed by atoms with Crippen molar-refractivity contribution in [3.8, 4) is 5.75 Å². The maximum Gasteiger partial charge on any atom is 0.322 e. The molecular formula is C18H21ClN2O2. The molecule has 0 aromatic heterocycles. The molecule has 0 radical (unpaired) electrons. The standard InChI is InChI=1S/C18H21ClN2O2/c1-12(2)16-6-4-5-7-17(16)21-18(22)20-13(3)23-15-10-8-14(19)9-11-15/h4-13H,1-3H3,(H2,20,21,22). The van der Waals surface area contributed by atoms with Crippen LogP contribution in [0.25, 0.3) is 0 Å². The topological polar surface area (TPSA) is 50.4 Å². The van der Waals surface area contributed by atoms with Gasteiger partial charge in [0, 0.05) is 10.7 Å². The number of rotatable bonds is 5. The molecule has 5 heteroatoms. The van der Waals surface area contributed by atoms with E-state index in [1.54, 1.807) is 31.2 Å². The SMILES string of the molecule is CC(NC(=O)Nc1ccccc1C(C)C)Oc1ccc(Cl)cc1. The zero-order valence-electron chi connectivity index (χ0n) is 13.5. The summed E-state index contributed by atoms with van der Waals surface area (Å²) in [6, 6.07) is 14.4. The number of carbonyl (C=O) groups is 1. The van der Waals surface area contributed by atoms with Crippen LogP contribution in [0.4, 0.5) is 10.5 Å². The average molecular weight is 333 g/mol. The molecule has 0 fully saturated rings. The Morgan fingerprint density at radius 2 is 1.70 bits per heavy atom. The van der Waals surface area contributed by atoms with Gasteiger partial charge in [-0.2, -0.15) is 0 Å². The molecule has 0 bridgehead atoms. The molecule has 2 aromatic rings. The summed E-state index contributed by atoms with van der Waals surface area (Å²) < 4.78 is 5.62. The summed E-state index contributed by atoms with van der Waals surface area (Å²) in [5, 5.41) is 6.26. The number of para-hydroxylation sites is 1. The Balaban J connectivity index is 1.93. The van der Waals surface area contributed by atoms with Crippen LogP contribution in [0, 0.1) is 0 Å². The second-order valence-corrected chi connectivity index (χ2v) is 5.99. The molecule has 0 spiro atoms. The lowest BCUT2D eigenvalue weighted by atomic mass is 10.0. The Morgan fingerprint density at radius 3 is 2.35 bits per heavy atom. The van der Waals surface area contributed by atoms with E-state index >= 15 is 0 Å². The normalized spacial score (nSPS) is 11.9. The number of benzene rings is 2. The largest absolute Gasteiger partial charge is 0.471 e. The van der Waals surface area contributed by atoms with Gasteiger partial charge in [-0.15, -0.1) is 0 Å². The quantitative estimate of drug-likeness (QED) is 0.756. The van der Waals surface area contributed by atoms with Crippen LogP contribution >= 0.6 is 11.6 Å². The molecule has 0 saturated carbocycles. The summed E-state index contributed by atoms with van der Waals surface area (Å²) in [6.45, 7) is 5.94. The second-order valence-electron chi connectivity index (χ2n) is 5.55. The van der Waals surface area contributed by atoms with Crippen molar-refractivity contribution in [2.75, 3.05) is 5.32 Å². The fourth-order valence-corrected chi connectivity index (χ4v) is 2.33. The first kappa shape index (κ1) is 17.2. The van der Waals surface area contributed by atoms with E-state index in [1.807, 2.05) is 24.3 Å². The summed E-state index contributed by atoms with van der Waals surface area (Å²) in [5.41, 5.74) is 1.90. The molecule has 4 nitrogen and oxygen atoms in total.